The molecule has 19 heavy (non-hydrogen) atoms. The van der Waals surface area contributed by atoms with E-state index >= 15 is 0 Å². The highest BCUT2D eigenvalue weighted by atomic mass is 32.2. The number of aromatic nitrogens is 2. The fourth-order valence-electron chi connectivity index (χ4n) is 1.64. The van der Waals surface area contributed by atoms with E-state index in [4.69, 9.17) is 5.14 Å². The van der Waals surface area contributed by atoms with Gasteiger partial charge in [0, 0.05) is 29.6 Å². The average molecular weight is 282 g/mol. The van der Waals surface area contributed by atoms with Crippen LogP contribution in [0, 0.1) is 0 Å². The molecule has 0 aliphatic heterocycles. The number of H-pyrrole nitrogens is 1. The van der Waals surface area contributed by atoms with Gasteiger partial charge < -0.3 is 14.9 Å². The Morgan fingerprint density at radius 1 is 1.32 bits per heavy atom. The normalized spacial score (nSPS) is 11.4. The molecule has 0 aliphatic carbocycles. The van der Waals surface area contributed by atoms with Gasteiger partial charge in [-0.3, -0.25) is 4.79 Å². The molecule has 0 fully saturated rings. The van der Waals surface area contributed by atoms with E-state index in [0.29, 0.717) is 9.54 Å². The number of hydrogen-bond donors (Lipinski definition) is 2. The van der Waals surface area contributed by atoms with Crippen LogP contribution in [0.15, 0.2) is 35.4 Å². The molecule has 2 heterocycles. The van der Waals surface area contributed by atoms with Gasteiger partial charge in [0.2, 0.25) is 5.56 Å². The Labute approximate surface area is 107 Å². The summed E-state index contributed by atoms with van der Waals surface area (Å²) in [5, 5.41) is 16.0. The Bertz CT molecular complexity index is 782. The smallest absolute Gasteiger partial charge is 0.302 e. The van der Waals surface area contributed by atoms with Crippen molar-refractivity contribution >= 4 is 16.2 Å². The van der Waals surface area contributed by atoms with E-state index in [0.717, 1.165) is 6.20 Å². The maximum atomic E-state index is 11.2. The summed E-state index contributed by atoms with van der Waals surface area (Å²) in [6, 6.07) is 3.79. The largest absolute Gasteiger partial charge is 0.543 e. The number of hydrogen-bond acceptors (Lipinski definition) is 5. The van der Waals surface area contributed by atoms with Crippen LogP contribution in [-0.2, 0) is 10.2 Å². The van der Waals surface area contributed by atoms with Gasteiger partial charge in [-0.05, 0) is 12.1 Å². The van der Waals surface area contributed by atoms with Gasteiger partial charge in [-0.2, -0.15) is 8.42 Å². The molecule has 0 atom stereocenters. The van der Waals surface area contributed by atoms with Gasteiger partial charge in [0.25, 0.3) is 0 Å². The number of carboxylic acids is 1. The Morgan fingerprint density at radius 3 is 2.47 bits per heavy atom. The predicted octanol–water partition coefficient (Wildman–Crippen LogP) is -1.74. The molecule has 3 N–H and O–H groups in total. The summed E-state index contributed by atoms with van der Waals surface area (Å²) < 4.78 is 22.9. The molecule has 2 aromatic rings. The highest BCUT2D eigenvalue weighted by Crippen LogP contribution is 2.23. The van der Waals surface area contributed by atoms with Crippen LogP contribution in [0.4, 0.5) is 0 Å². The molecule has 2 aromatic heterocycles. The third-order valence-corrected chi connectivity index (χ3v) is 3.27. The third-order valence-electron chi connectivity index (χ3n) is 2.41. The molecular formula is C10H8N3O5S-. The predicted molar refractivity (Wildman–Crippen MR) is 63.3 cm³/mol. The molecule has 0 aromatic carbocycles. The van der Waals surface area contributed by atoms with Gasteiger partial charge in [-0.1, -0.05) is 0 Å². The second-order valence-electron chi connectivity index (χ2n) is 3.65. The monoisotopic (exact) mass is 282 g/mol. The average Bonchev–Trinajstić information content (AvgIpc) is 2.74. The summed E-state index contributed by atoms with van der Waals surface area (Å²) in [4.78, 5) is 24.4. The van der Waals surface area contributed by atoms with E-state index in [1.165, 1.54) is 24.4 Å². The first kappa shape index (κ1) is 13.1. The van der Waals surface area contributed by atoms with Crippen molar-refractivity contribution in [3.8, 4) is 11.1 Å². The number of nitrogens with two attached hydrogens (primary N) is 1. The maximum Gasteiger partial charge on any atom is 0.302 e. The SMILES string of the molecule is NS(=O)(=O)n1ccc(-c2ccc(=O)[nH]c2)c1C(=O)[O-]. The maximum absolute atomic E-state index is 11.2. The molecule has 0 bridgehead atoms. The fourth-order valence-corrected chi connectivity index (χ4v) is 2.30. The number of aromatic amines is 1. The van der Waals surface area contributed by atoms with Crippen molar-refractivity contribution in [3.05, 3.63) is 46.6 Å². The van der Waals surface area contributed by atoms with E-state index in [9.17, 15) is 23.1 Å². The highest BCUT2D eigenvalue weighted by molar-refractivity contribution is 7.87. The van der Waals surface area contributed by atoms with E-state index in [-0.39, 0.29) is 11.1 Å². The fraction of sp³-hybridized carbons (Fsp3) is 0. The van der Waals surface area contributed by atoms with Crippen LogP contribution in [0.1, 0.15) is 10.5 Å². The van der Waals surface area contributed by atoms with Crippen molar-refractivity contribution in [2.24, 2.45) is 5.14 Å². The number of rotatable bonds is 3. The first-order valence-electron chi connectivity index (χ1n) is 4.96. The van der Waals surface area contributed by atoms with Crippen molar-refractivity contribution in [1.29, 1.82) is 0 Å². The molecule has 0 radical (unpaired) electrons. The van der Waals surface area contributed by atoms with Gasteiger partial charge in [0.15, 0.2) is 0 Å². The van der Waals surface area contributed by atoms with Gasteiger partial charge in [-0.15, -0.1) is 0 Å². The van der Waals surface area contributed by atoms with Crippen molar-refractivity contribution in [2.75, 3.05) is 0 Å². The first-order valence-corrected chi connectivity index (χ1v) is 6.46. The van der Waals surface area contributed by atoms with Crippen LogP contribution in [0.25, 0.3) is 11.1 Å². The number of nitrogens with zero attached hydrogens (tertiary/aromatic N) is 1. The van der Waals surface area contributed by atoms with Gasteiger partial charge >= 0.3 is 10.2 Å². The molecule has 0 amide bonds. The molecule has 0 aliphatic rings. The summed E-state index contributed by atoms with van der Waals surface area (Å²) in [5.74, 6) is -1.69. The van der Waals surface area contributed by atoms with E-state index in [2.05, 4.69) is 4.98 Å². The first-order chi connectivity index (χ1) is 8.80. The number of aromatic carboxylic acids is 1. The molecule has 0 unspecified atom stereocenters. The Balaban J connectivity index is 2.72. The number of pyridine rings is 1. The lowest BCUT2D eigenvalue weighted by Crippen LogP contribution is -2.31. The lowest BCUT2D eigenvalue weighted by molar-refractivity contribution is -0.255. The summed E-state index contributed by atoms with van der Waals surface area (Å²) in [7, 11) is -4.25. The highest BCUT2D eigenvalue weighted by Gasteiger charge is 2.18. The summed E-state index contributed by atoms with van der Waals surface area (Å²) in [5.41, 5.74) is -0.578. The molecule has 0 saturated carbocycles. The molecule has 0 saturated heterocycles. The zero-order chi connectivity index (χ0) is 14.2. The summed E-state index contributed by atoms with van der Waals surface area (Å²) in [6.07, 6.45) is 2.26. The summed E-state index contributed by atoms with van der Waals surface area (Å²) >= 11 is 0. The van der Waals surface area contributed by atoms with E-state index < -0.39 is 21.9 Å². The zero-order valence-electron chi connectivity index (χ0n) is 9.36. The van der Waals surface area contributed by atoms with Gasteiger partial charge in [0.05, 0.1) is 11.7 Å². The van der Waals surface area contributed by atoms with Crippen LogP contribution < -0.4 is 15.8 Å². The molecule has 9 heteroatoms. The molecule has 0 spiro atoms. The summed E-state index contributed by atoms with van der Waals surface area (Å²) in [6.45, 7) is 0. The Kier molecular flexibility index (Phi) is 3.00. The minimum Gasteiger partial charge on any atom is -0.543 e. The Morgan fingerprint density at radius 2 is 2.00 bits per heavy atom. The van der Waals surface area contributed by atoms with Crippen molar-refractivity contribution in [2.45, 2.75) is 0 Å². The van der Waals surface area contributed by atoms with Crippen LogP contribution in [0.2, 0.25) is 0 Å². The second kappa shape index (κ2) is 4.37. The minimum atomic E-state index is -4.25. The molecule has 100 valence electrons. The van der Waals surface area contributed by atoms with E-state index in [1.54, 1.807) is 0 Å². The van der Waals surface area contributed by atoms with Gasteiger partial charge in [0.1, 0.15) is 0 Å². The molecule has 8 nitrogen and oxygen atoms in total. The van der Waals surface area contributed by atoms with Crippen LogP contribution >= 0.6 is 0 Å². The van der Waals surface area contributed by atoms with Crippen molar-refractivity contribution in [3.63, 3.8) is 0 Å². The van der Waals surface area contributed by atoms with Crippen LogP contribution in [0.3, 0.4) is 0 Å². The number of nitrogens with one attached hydrogen (secondary N) is 1. The molecular weight excluding hydrogens is 274 g/mol. The Hall–Kier alpha value is -2.39. The number of carboxylic acid groups (broad SMARTS) is 1. The number of carbonyl (C=O) groups is 1. The van der Waals surface area contributed by atoms with Crippen LogP contribution in [-0.4, -0.2) is 23.3 Å². The second-order valence-corrected chi connectivity index (χ2v) is 5.07. The van der Waals surface area contributed by atoms with Crippen molar-refractivity contribution in [1.82, 2.24) is 8.96 Å². The van der Waals surface area contributed by atoms with E-state index in [1.807, 2.05) is 0 Å². The lowest BCUT2D eigenvalue weighted by atomic mass is 10.1. The minimum absolute atomic E-state index is 0.0743. The quantitative estimate of drug-likeness (QED) is 0.688. The van der Waals surface area contributed by atoms with Crippen molar-refractivity contribution < 1.29 is 18.3 Å². The lowest BCUT2D eigenvalue weighted by Gasteiger charge is -2.10. The topological polar surface area (TPSA) is 138 Å². The van der Waals surface area contributed by atoms with Crippen LogP contribution in [0.5, 0.6) is 0 Å². The number of carbonyl (C=O) groups excluding carboxylic acids is 1. The zero-order valence-corrected chi connectivity index (χ0v) is 10.2. The standard InChI is InChI=1S/C10H9N3O5S/c11-19(17,18)13-4-3-7(9(13)10(15)16)6-1-2-8(14)12-5-6/h1-5H,(H,12,14)(H,15,16)(H2,11,17,18)/p-1. The molecule has 2 rings (SSSR count). The third kappa shape index (κ3) is 2.41. The van der Waals surface area contributed by atoms with Gasteiger partial charge in [-0.25, -0.2) is 9.11 Å².